The van der Waals surface area contributed by atoms with Gasteiger partial charge in [-0.05, 0) is 62.9 Å². The quantitative estimate of drug-likeness (QED) is 0.845. The highest BCUT2D eigenvalue weighted by molar-refractivity contribution is 5.85. The average Bonchev–Trinajstić information content (AvgIpc) is 2.74. The van der Waals surface area contributed by atoms with Gasteiger partial charge in [-0.3, -0.25) is 0 Å². The van der Waals surface area contributed by atoms with E-state index >= 15 is 0 Å². The van der Waals surface area contributed by atoms with Crippen molar-refractivity contribution < 1.29 is 4.42 Å². The molecule has 0 amide bonds. The number of halogens is 1. The van der Waals surface area contributed by atoms with E-state index in [0.29, 0.717) is 5.92 Å². The molecule has 0 atom stereocenters. The minimum Gasteiger partial charge on any atom is -0.464 e. The Kier molecular flexibility index (Phi) is 3.98. The molecule has 98 valence electrons. The molecule has 3 heteroatoms. The first-order valence-electron chi connectivity index (χ1n) is 6.45. The molecule has 2 nitrogen and oxygen atoms in total. The highest BCUT2D eigenvalue weighted by atomic mass is 35.5. The van der Waals surface area contributed by atoms with E-state index in [1.807, 2.05) is 6.26 Å². The van der Waals surface area contributed by atoms with Crippen LogP contribution < -0.4 is 5.32 Å². The minimum absolute atomic E-state index is 0. The van der Waals surface area contributed by atoms with Gasteiger partial charge in [0.05, 0.1) is 6.26 Å². The second-order valence-corrected chi connectivity index (χ2v) is 5.17. The largest absolute Gasteiger partial charge is 0.464 e. The third-order valence-corrected chi connectivity index (χ3v) is 3.81. The van der Waals surface area contributed by atoms with Gasteiger partial charge in [-0.15, -0.1) is 12.4 Å². The van der Waals surface area contributed by atoms with Gasteiger partial charge in [-0.2, -0.15) is 0 Å². The lowest BCUT2D eigenvalue weighted by Gasteiger charge is -2.21. The van der Waals surface area contributed by atoms with Gasteiger partial charge in [0.2, 0.25) is 0 Å². The summed E-state index contributed by atoms with van der Waals surface area (Å²) in [7, 11) is 0. The van der Waals surface area contributed by atoms with E-state index in [0.717, 1.165) is 18.7 Å². The second-order valence-electron chi connectivity index (χ2n) is 5.17. The third kappa shape index (κ3) is 2.27. The summed E-state index contributed by atoms with van der Waals surface area (Å²) in [6.07, 6.45) is 4.43. The van der Waals surface area contributed by atoms with Crippen molar-refractivity contribution in [3.63, 3.8) is 0 Å². The predicted octanol–water partition coefficient (Wildman–Crippen LogP) is 3.94. The van der Waals surface area contributed by atoms with Crippen LogP contribution in [0.15, 0.2) is 22.8 Å². The maximum Gasteiger partial charge on any atom is 0.137 e. The number of rotatable bonds is 1. The number of hydrogen-bond acceptors (Lipinski definition) is 2. The van der Waals surface area contributed by atoms with E-state index in [1.165, 1.54) is 34.9 Å². The highest BCUT2D eigenvalue weighted by Crippen LogP contribution is 2.34. The molecule has 1 saturated heterocycles. The summed E-state index contributed by atoms with van der Waals surface area (Å²) in [6, 6.07) is 4.46. The third-order valence-electron chi connectivity index (χ3n) is 3.81. The molecule has 2 aromatic rings. The fraction of sp³-hybridized carbons (Fsp3) is 0.467. The van der Waals surface area contributed by atoms with Crippen molar-refractivity contribution in [1.82, 2.24) is 5.32 Å². The van der Waals surface area contributed by atoms with E-state index in [2.05, 4.69) is 31.3 Å². The molecule has 1 aromatic heterocycles. The van der Waals surface area contributed by atoms with Crippen molar-refractivity contribution in [3.05, 3.63) is 35.1 Å². The number of benzene rings is 1. The summed E-state index contributed by atoms with van der Waals surface area (Å²) in [5.41, 5.74) is 5.06. The van der Waals surface area contributed by atoms with Gasteiger partial charge in [0.15, 0.2) is 0 Å². The zero-order valence-corrected chi connectivity index (χ0v) is 11.8. The Morgan fingerprint density at radius 2 is 1.89 bits per heavy atom. The molecular formula is C15H20ClNO. The Balaban J connectivity index is 0.00000120. The van der Waals surface area contributed by atoms with Crippen LogP contribution in [0.1, 0.15) is 35.4 Å². The number of piperidine rings is 1. The first-order valence-corrected chi connectivity index (χ1v) is 6.45. The Morgan fingerprint density at radius 3 is 2.61 bits per heavy atom. The molecule has 1 fully saturated rings. The molecule has 0 aliphatic carbocycles. The van der Waals surface area contributed by atoms with Gasteiger partial charge < -0.3 is 9.73 Å². The first-order chi connectivity index (χ1) is 8.25. The van der Waals surface area contributed by atoms with Crippen LogP contribution in [0.4, 0.5) is 0 Å². The standard InChI is InChI=1S/C15H19NO.ClH/c1-10-7-11(2)15-13(8-10)14(9-17-15)12-3-5-16-6-4-12;/h7-9,12,16H,3-6H2,1-2H3;1H. The number of hydrogen-bond donors (Lipinski definition) is 1. The van der Waals surface area contributed by atoms with Crippen LogP contribution in [0, 0.1) is 13.8 Å². The lowest BCUT2D eigenvalue weighted by Crippen LogP contribution is -2.26. The lowest BCUT2D eigenvalue weighted by molar-refractivity contribution is 0.457. The average molecular weight is 266 g/mol. The zero-order chi connectivity index (χ0) is 11.8. The van der Waals surface area contributed by atoms with Crippen LogP contribution in [0.3, 0.4) is 0 Å². The molecule has 1 N–H and O–H groups in total. The van der Waals surface area contributed by atoms with Crippen molar-refractivity contribution in [3.8, 4) is 0 Å². The summed E-state index contributed by atoms with van der Waals surface area (Å²) in [4.78, 5) is 0. The van der Waals surface area contributed by atoms with Crippen molar-refractivity contribution >= 4 is 23.4 Å². The van der Waals surface area contributed by atoms with Crippen LogP contribution in [0.2, 0.25) is 0 Å². The van der Waals surface area contributed by atoms with E-state index in [9.17, 15) is 0 Å². The van der Waals surface area contributed by atoms with Gasteiger partial charge in [0.25, 0.3) is 0 Å². The van der Waals surface area contributed by atoms with E-state index in [1.54, 1.807) is 0 Å². The molecular weight excluding hydrogens is 246 g/mol. The monoisotopic (exact) mass is 265 g/mol. The first kappa shape index (κ1) is 13.4. The molecule has 18 heavy (non-hydrogen) atoms. The minimum atomic E-state index is 0. The van der Waals surface area contributed by atoms with Crippen molar-refractivity contribution in [2.45, 2.75) is 32.6 Å². The molecule has 0 saturated carbocycles. The van der Waals surface area contributed by atoms with Gasteiger partial charge in [0, 0.05) is 10.9 Å². The maximum atomic E-state index is 5.77. The molecule has 1 aromatic carbocycles. The molecule has 0 spiro atoms. The van der Waals surface area contributed by atoms with Crippen LogP contribution in [0.25, 0.3) is 11.0 Å². The topological polar surface area (TPSA) is 25.2 Å². The van der Waals surface area contributed by atoms with Gasteiger partial charge in [0.1, 0.15) is 5.58 Å². The van der Waals surface area contributed by atoms with Crippen LogP contribution in [0.5, 0.6) is 0 Å². The molecule has 1 aliphatic heterocycles. The second kappa shape index (κ2) is 5.33. The molecule has 2 heterocycles. The van der Waals surface area contributed by atoms with Crippen LogP contribution >= 0.6 is 12.4 Å². The fourth-order valence-electron chi connectivity index (χ4n) is 2.96. The summed E-state index contributed by atoms with van der Waals surface area (Å²) >= 11 is 0. The predicted molar refractivity (Wildman–Crippen MR) is 77.8 cm³/mol. The zero-order valence-electron chi connectivity index (χ0n) is 11.0. The lowest BCUT2D eigenvalue weighted by atomic mass is 9.89. The Morgan fingerprint density at radius 1 is 1.17 bits per heavy atom. The number of fused-ring (bicyclic) bond motifs is 1. The molecule has 0 radical (unpaired) electrons. The van der Waals surface area contributed by atoms with Crippen LogP contribution in [-0.2, 0) is 0 Å². The highest BCUT2D eigenvalue weighted by Gasteiger charge is 2.20. The van der Waals surface area contributed by atoms with E-state index < -0.39 is 0 Å². The summed E-state index contributed by atoms with van der Waals surface area (Å²) in [5, 5.41) is 4.75. The molecule has 3 rings (SSSR count). The number of furan rings is 1. The molecule has 0 bridgehead atoms. The Labute approximate surface area is 114 Å². The summed E-state index contributed by atoms with van der Waals surface area (Å²) < 4.78 is 5.77. The number of nitrogens with one attached hydrogen (secondary N) is 1. The fourth-order valence-corrected chi connectivity index (χ4v) is 2.96. The van der Waals surface area contributed by atoms with E-state index in [-0.39, 0.29) is 12.4 Å². The van der Waals surface area contributed by atoms with Gasteiger partial charge in [-0.1, -0.05) is 6.07 Å². The Bertz CT molecular complexity index is 541. The van der Waals surface area contributed by atoms with Crippen molar-refractivity contribution in [2.24, 2.45) is 0 Å². The Hall–Kier alpha value is -0.990. The van der Waals surface area contributed by atoms with Crippen molar-refractivity contribution in [2.75, 3.05) is 13.1 Å². The SMILES string of the molecule is Cc1cc(C)c2occ(C3CCNCC3)c2c1.Cl. The summed E-state index contributed by atoms with van der Waals surface area (Å²) in [5.74, 6) is 0.665. The molecule has 1 aliphatic rings. The maximum absolute atomic E-state index is 5.77. The van der Waals surface area contributed by atoms with E-state index in [4.69, 9.17) is 4.42 Å². The van der Waals surface area contributed by atoms with Crippen molar-refractivity contribution in [1.29, 1.82) is 0 Å². The van der Waals surface area contributed by atoms with Crippen LogP contribution in [-0.4, -0.2) is 13.1 Å². The van der Waals surface area contributed by atoms with Gasteiger partial charge >= 0.3 is 0 Å². The number of aryl methyl sites for hydroxylation is 2. The normalized spacial score (nSPS) is 16.8. The van der Waals surface area contributed by atoms with Gasteiger partial charge in [-0.25, -0.2) is 0 Å². The smallest absolute Gasteiger partial charge is 0.137 e. The molecule has 0 unspecified atom stereocenters. The summed E-state index contributed by atoms with van der Waals surface area (Å²) in [6.45, 7) is 6.54.